The first-order valence-electron chi connectivity index (χ1n) is 5.64. The van der Waals surface area contributed by atoms with Crippen LogP contribution >= 0.6 is 27.3 Å². The van der Waals surface area contributed by atoms with Crippen LogP contribution in [0.4, 0.5) is 0 Å². The van der Waals surface area contributed by atoms with Crippen molar-refractivity contribution in [2.24, 2.45) is 0 Å². The molecule has 1 unspecified atom stereocenters. The zero-order valence-electron chi connectivity index (χ0n) is 9.54. The number of thiophene rings is 1. The SMILES string of the molecule is CCC(CBr)NC(=O)CCCc1cccs1. The molecule has 4 heteroatoms. The largest absolute Gasteiger partial charge is 0.353 e. The third-order valence-electron chi connectivity index (χ3n) is 2.45. The summed E-state index contributed by atoms with van der Waals surface area (Å²) in [4.78, 5) is 12.9. The van der Waals surface area contributed by atoms with E-state index in [1.165, 1.54) is 4.88 Å². The second-order valence-corrected chi connectivity index (χ2v) is 5.44. The molecule has 90 valence electrons. The zero-order chi connectivity index (χ0) is 11.8. The van der Waals surface area contributed by atoms with Gasteiger partial charge in [-0.1, -0.05) is 28.9 Å². The Balaban J connectivity index is 2.15. The quantitative estimate of drug-likeness (QED) is 0.769. The van der Waals surface area contributed by atoms with Crippen LogP contribution < -0.4 is 5.32 Å². The average molecular weight is 304 g/mol. The molecule has 0 aliphatic rings. The van der Waals surface area contributed by atoms with Crippen molar-refractivity contribution in [3.8, 4) is 0 Å². The van der Waals surface area contributed by atoms with Gasteiger partial charge in [-0.15, -0.1) is 11.3 Å². The van der Waals surface area contributed by atoms with Gasteiger partial charge in [-0.25, -0.2) is 0 Å². The highest BCUT2D eigenvalue weighted by molar-refractivity contribution is 9.09. The Labute approximate surface area is 110 Å². The Kier molecular flexibility index (Phi) is 6.73. The Hall–Kier alpha value is -0.350. The van der Waals surface area contributed by atoms with Gasteiger partial charge in [-0.3, -0.25) is 4.79 Å². The highest BCUT2D eigenvalue weighted by Gasteiger charge is 2.08. The fourth-order valence-corrected chi connectivity index (χ4v) is 2.80. The molecule has 1 aromatic rings. The number of nitrogens with one attached hydrogen (secondary N) is 1. The summed E-state index contributed by atoms with van der Waals surface area (Å²) in [6.45, 7) is 2.08. The van der Waals surface area contributed by atoms with Gasteiger partial charge in [0, 0.05) is 22.7 Å². The Morgan fingerprint density at radius 3 is 3.00 bits per heavy atom. The van der Waals surface area contributed by atoms with Gasteiger partial charge in [0.15, 0.2) is 0 Å². The van der Waals surface area contributed by atoms with E-state index in [0.717, 1.165) is 24.6 Å². The number of carbonyl (C=O) groups is 1. The summed E-state index contributed by atoms with van der Waals surface area (Å²) < 4.78 is 0. The van der Waals surface area contributed by atoms with Crippen LogP contribution in [0.3, 0.4) is 0 Å². The second-order valence-electron chi connectivity index (χ2n) is 3.76. The fraction of sp³-hybridized carbons (Fsp3) is 0.583. The topological polar surface area (TPSA) is 29.1 Å². The molecule has 1 atom stereocenters. The van der Waals surface area contributed by atoms with Crippen molar-refractivity contribution < 1.29 is 4.79 Å². The van der Waals surface area contributed by atoms with Crippen LogP contribution in [-0.2, 0) is 11.2 Å². The monoisotopic (exact) mass is 303 g/mol. The molecule has 1 N–H and O–H groups in total. The van der Waals surface area contributed by atoms with Crippen molar-refractivity contribution >= 4 is 33.2 Å². The average Bonchev–Trinajstić information content (AvgIpc) is 2.79. The molecule has 0 radical (unpaired) electrons. The summed E-state index contributed by atoms with van der Waals surface area (Å²) in [6, 6.07) is 4.45. The summed E-state index contributed by atoms with van der Waals surface area (Å²) in [6.07, 6.45) is 3.55. The molecule has 2 nitrogen and oxygen atoms in total. The highest BCUT2D eigenvalue weighted by Crippen LogP contribution is 2.11. The third-order valence-corrected chi connectivity index (χ3v) is 4.17. The number of amides is 1. The van der Waals surface area contributed by atoms with E-state index in [9.17, 15) is 4.79 Å². The van der Waals surface area contributed by atoms with Crippen molar-refractivity contribution in [1.82, 2.24) is 5.32 Å². The van der Waals surface area contributed by atoms with E-state index < -0.39 is 0 Å². The smallest absolute Gasteiger partial charge is 0.220 e. The number of aryl methyl sites for hydroxylation is 1. The van der Waals surface area contributed by atoms with Crippen LogP contribution in [0.5, 0.6) is 0 Å². The second kappa shape index (κ2) is 7.85. The Bertz CT molecular complexity index is 296. The Morgan fingerprint density at radius 2 is 2.44 bits per heavy atom. The van der Waals surface area contributed by atoms with Crippen LogP contribution in [0.1, 0.15) is 31.1 Å². The highest BCUT2D eigenvalue weighted by atomic mass is 79.9. The molecule has 0 saturated heterocycles. The van der Waals surface area contributed by atoms with Crippen molar-refractivity contribution in [2.45, 2.75) is 38.6 Å². The van der Waals surface area contributed by atoms with Crippen LogP contribution in [-0.4, -0.2) is 17.3 Å². The summed E-state index contributed by atoms with van der Waals surface area (Å²) in [7, 11) is 0. The van der Waals surface area contributed by atoms with Crippen molar-refractivity contribution in [1.29, 1.82) is 0 Å². The molecule has 0 fully saturated rings. The number of alkyl halides is 1. The number of rotatable bonds is 7. The van der Waals surface area contributed by atoms with Gasteiger partial charge in [-0.2, -0.15) is 0 Å². The van der Waals surface area contributed by atoms with E-state index in [-0.39, 0.29) is 11.9 Å². The van der Waals surface area contributed by atoms with Gasteiger partial charge in [-0.05, 0) is 30.7 Å². The van der Waals surface area contributed by atoms with Crippen LogP contribution in [0.25, 0.3) is 0 Å². The number of hydrogen-bond donors (Lipinski definition) is 1. The molecule has 0 bridgehead atoms. The van der Waals surface area contributed by atoms with Crippen molar-refractivity contribution in [3.05, 3.63) is 22.4 Å². The molecule has 0 aliphatic heterocycles. The van der Waals surface area contributed by atoms with Crippen LogP contribution in [0.15, 0.2) is 17.5 Å². The molecule has 16 heavy (non-hydrogen) atoms. The van der Waals surface area contributed by atoms with Gasteiger partial charge in [0.2, 0.25) is 5.91 Å². The summed E-state index contributed by atoms with van der Waals surface area (Å²) >= 11 is 5.15. The van der Waals surface area contributed by atoms with E-state index in [2.05, 4.69) is 45.7 Å². The van der Waals surface area contributed by atoms with E-state index in [1.54, 1.807) is 11.3 Å². The van der Waals surface area contributed by atoms with Crippen LogP contribution in [0.2, 0.25) is 0 Å². The lowest BCUT2D eigenvalue weighted by Crippen LogP contribution is -2.35. The summed E-state index contributed by atoms with van der Waals surface area (Å²) in [5.74, 6) is 0.169. The molecule has 1 heterocycles. The lowest BCUT2D eigenvalue weighted by molar-refractivity contribution is -0.121. The standard InChI is InChI=1S/C12H18BrNOS/c1-2-10(9-13)14-12(15)7-3-5-11-6-4-8-16-11/h4,6,8,10H,2-3,5,7,9H2,1H3,(H,14,15). The van der Waals surface area contributed by atoms with Gasteiger partial charge >= 0.3 is 0 Å². The first kappa shape index (κ1) is 13.7. The maximum Gasteiger partial charge on any atom is 0.220 e. The zero-order valence-corrected chi connectivity index (χ0v) is 11.9. The summed E-state index contributed by atoms with van der Waals surface area (Å²) in [5.41, 5.74) is 0. The van der Waals surface area contributed by atoms with Gasteiger partial charge in [0.05, 0.1) is 0 Å². The number of carbonyl (C=O) groups excluding carboxylic acids is 1. The molecular weight excluding hydrogens is 286 g/mol. The maximum absolute atomic E-state index is 11.6. The van der Waals surface area contributed by atoms with Gasteiger partial charge in [0.25, 0.3) is 0 Å². The van der Waals surface area contributed by atoms with E-state index >= 15 is 0 Å². The van der Waals surface area contributed by atoms with Crippen molar-refractivity contribution in [2.75, 3.05) is 5.33 Å². The van der Waals surface area contributed by atoms with Gasteiger partial charge < -0.3 is 5.32 Å². The van der Waals surface area contributed by atoms with Crippen LogP contribution in [0, 0.1) is 0 Å². The molecule has 0 aliphatic carbocycles. The molecule has 1 amide bonds. The minimum Gasteiger partial charge on any atom is -0.353 e. The molecular formula is C12H18BrNOS. The lowest BCUT2D eigenvalue weighted by atomic mass is 10.2. The first-order chi connectivity index (χ1) is 7.76. The third kappa shape index (κ3) is 5.12. The van der Waals surface area contributed by atoms with E-state index in [0.29, 0.717) is 6.42 Å². The Morgan fingerprint density at radius 1 is 1.62 bits per heavy atom. The molecule has 1 aromatic heterocycles. The minimum atomic E-state index is 0.169. The first-order valence-corrected chi connectivity index (χ1v) is 7.64. The molecule has 0 spiro atoms. The molecule has 1 rings (SSSR count). The van der Waals surface area contributed by atoms with E-state index in [1.807, 2.05) is 0 Å². The predicted octanol–water partition coefficient (Wildman–Crippen LogP) is 3.36. The maximum atomic E-state index is 11.6. The number of halogens is 1. The lowest BCUT2D eigenvalue weighted by Gasteiger charge is -2.13. The predicted molar refractivity (Wildman–Crippen MR) is 73.3 cm³/mol. The fourth-order valence-electron chi connectivity index (χ4n) is 1.43. The normalized spacial score (nSPS) is 12.4. The summed E-state index contributed by atoms with van der Waals surface area (Å²) in [5, 5.41) is 5.92. The van der Waals surface area contributed by atoms with E-state index in [4.69, 9.17) is 0 Å². The molecule has 0 saturated carbocycles. The molecule has 0 aromatic carbocycles. The van der Waals surface area contributed by atoms with Crippen molar-refractivity contribution in [3.63, 3.8) is 0 Å². The number of hydrogen-bond acceptors (Lipinski definition) is 2. The minimum absolute atomic E-state index is 0.169. The van der Waals surface area contributed by atoms with Gasteiger partial charge in [0.1, 0.15) is 0 Å².